The molecule has 0 radical (unpaired) electrons. The Bertz CT molecular complexity index is 562. The average Bonchev–Trinajstić information content (AvgIpc) is 2.43. The van der Waals surface area contributed by atoms with Gasteiger partial charge in [-0.05, 0) is 12.0 Å². The molecule has 7 nitrogen and oxygen atoms in total. The van der Waals surface area contributed by atoms with Gasteiger partial charge in [0, 0.05) is 6.54 Å². The van der Waals surface area contributed by atoms with E-state index in [1.54, 1.807) is 30.3 Å². The van der Waals surface area contributed by atoms with Crippen molar-refractivity contribution >= 4 is 57.2 Å². The number of benzene rings is 1. The second kappa shape index (κ2) is 10.4. The summed E-state index contributed by atoms with van der Waals surface area (Å²) >= 11 is 0. The fourth-order valence-corrected chi connectivity index (χ4v) is 2.78. The van der Waals surface area contributed by atoms with E-state index in [9.17, 15) is 14.2 Å². The maximum atomic E-state index is 12.1. The second-order valence-corrected chi connectivity index (χ2v) is 6.91. The number of carboxylic acid groups (broad SMARTS) is 1. The summed E-state index contributed by atoms with van der Waals surface area (Å²) in [6.45, 7) is 1.36. The fourth-order valence-electron chi connectivity index (χ4n) is 1.91. The summed E-state index contributed by atoms with van der Waals surface area (Å²) in [6.07, 6.45) is -0.394. The Morgan fingerprint density at radius 1 is 1.22 bits per heavy atom. The van der Waals surface area contributed by atoms with Crippen LogP contribution in [0.5, 0.6) is 0 Å². The van der Waals surface area contributed by atoms with Crippen LogP contribution in [-0.2, 0) is 20.6 Å². The van der Waals surface area contributed by atoms with Crippen LogP contribution in [0.1, 0.15) is 12.5 Å². The molecule has 1 amide bonds. The number of aliphatic carboxylic acids is 1. The summed E-state index contributed by atoms with van der Waals surface area (Å²) in [5.41, 5.74) is 0.780. The molecule has 1 aromatic carbocycles. The van der Waals surface area contributed by atoms with Gasteiger partial charge in [-0.3, -0.25) is 14.2 Å². The van der Waals surface area contributed by atoms with Crippen molar-refractivity contribution in [3.05, 3.63) is 35.9 Å². The van der Waals surface area contributed by atoms with Crippen LogP contribution in [0.25, 0.3) is 0 Å². The van der Waals surface area contributed by atoms with Crippen LogP contribution in [-0.4, -0.2) is 77.2 Å². The second-order valence-electron chi connectivity index (χ2n) is 5.22. The molecule has 9 heteroatoms. The molecule has 0 aliphatic rings. The summed E-state index contributed by atoms with van der Waals surface area (Å²) in [5, 5.41) is 11.2. The maximum absolute atomic E-state index is 12.1. The first kappa shape index (κ1) is 22.6. The van der Waals surface area contributed by atoms with E-state index in [2.05, 4.69) is 5.32 Å². The molecular weight excluding hydrogens is 349 g/mol. The zero-order valence-electron chi connectivity index (χ0n) is 12.2. The van der Waals surface area contributed by atoms with Crippen molar-refractivity contribution in [1.82, 2.24) is 5.32 Å². The number of rotatable bonds is 8. The van der Waals surface area contributed by atoms with Crippen LogP contribution < -0.4 is 5.32 Å². The van der Waals surface area contributed by atoms with Gasteiger partial charge in [-0.25, -0.2) is 0 Å². The third-order valence-corrected chi connectivity index (χ3v) is 4.07. The molecule has 1 aromatic rings. The molecule has 0 saturated carbocycles. The van der Waals surface area contributed by atoms with E-state index in [0.717, 1.165) is 5.56 Å². The minimum atomic E-state index is -4.36. The number of hydrogen-bond donors (Lipinski definition) is 4. The van der Waals surface area contributed by atoms with Crippen molar-refractivity contribution in [2.75, 3.05) is 12.7 Å². The number of nitrogens with one attached hydrogen (secondary N) is 1. The summed E-state index contributed by atoms with van der Waals surface area (Å²) in [6, 6.07) is 8.87. The molecular formula is C14H22CaNO6P. The molecule has 0 heterocycles. The van der Waals surface area contributed by atoms with E-state index >= 15 is 0 Å². The van der Waals surface area contributed by atoms with Crippen molar-refractivity contribution in [2.45, 2.75) is 13.3 Å². The minimum absolute atomic E-state index is 0. The van der Waals surface area contributed by atoms with Crippen LogP contribution in [0.15, 0.2) is 30.3 Å². The van der Waals surface area contributed by atoms with Gasteiger partial charge in [0.1, 0.15) is 0 Å². The van der Waals surface area contributed by atoms with Crippen molar-refractivity contribution in [3.8, 4) is 0 Å². The monoisotopic (exact) mass is 371 g/mol. The van der Waals surface area contributed by atoms with Crippen LogP contribution in [0.3, 0.4) is 0 Å². The van der Waals surface area contributed by atoms with Crippen LogP contribution in [0, 0.1) is 11.8 Å². The Kier molecular flexibility index (Phi) is 10.2. The molecule has 126 valence electrons. The Labute approximate surface area is 164 Å². The number of carbonyl (C=O) groups excluding carboxylic acids is 1. The third kappa shape index (κ3) is 9.45. The van der Waals surface area contributed by atoms with E-state index < -0.39 is 37.5 Å². The summed E-state index contributed by atoms with van der Waals surface area (Å²) in [4.78, 5) is 41.1. The molecule has 0 bridgehead atoms. The number of hydrogen-bond acceptors (Lipinski definition) is 3. The number of amides is 1. The van der Waals surface area contributed by atoms with Gasteiger partial charge in [-0.1, -0.05) is 37.3 Å². The Morgan fingerprint density at radius 3 is 2.26 bits per heavy atom. The predicted molar refractivity (Wildman–Crippen MR) is 88.9 cm³/mol. The Balaban J connectivity index is 0.00000484. The molecule has 1 rings (SSSR count). The molecule has 23 heavy (non-hydrogen) atoms. The summed E-state index contributed by atoms with van der Waals surface area (Å²) in [7, 11) is -4.36. The van der Waals surface area contributed by atoms with Crippen molar-refractivity contribution < 1.29 is 29.0 Å². The first-order valence-electron chi connectivity index (χ1n) is 6.78. The van der Waals surface area contributed by atoms with Crippen molar-refractivity contribution in [3.63, 3.8) is 0 Å². The molecule has 0 aromatic heterocycles. The SMILES string of the molecule is CC(CNC(=O)[C@H](Cc1ccccc1)CP(=O)(O)O)C(=O)O.[CaH2]. The van der Waals surface area contributed by atoms with E-state index in [1.165, 1.54) is 6.92 Å². The average molecular weight is 371 g/mol. The van der Waals surface area contributed by atoms with Crippen LogP contribution >= 0.6 is 7.60 Å². The molecule has 0 aliphatic carbocycles. The molecule has 4 N–H and O–H groups in total. The van der Waals surface area contributed by atoms with Crippen LogP contribution in [0.2, 0.25) is 0 Å². The van der Waals surface area contributed by atoms with Gasteiger partial charge in [0.25, 0.3) is 0 Å². The van der Waals surface area contributed by atoms with E-state index in [0.29, 0.717) is 0 Å². The predicted octanol–water partition coefficient (Wildman–Crippen LogP) is -0.0563. The van der Waals surface area contributed by atoms with Crippen molar-refractivity contribution in [1.29, 1.82) is 0 Å². The van der Waals surface area contributed by atoms with Gasteiger partial charge < -0.3 is 20.2 Å². The number of carboxylic acids is 1. The summed E-state index contributed by atoms with van der Waals surface area (Å²) < 4.78 is 11.2. The zero-order chi connectivity index (χ0) is 16.8. The fraction of sp³-hybridized carbons (Fsp3) is 0.429. The molecule has 2 atom stereocenters. The Hall–Kier alpha value is -0.430. The van der Waals surface area contributed by atoms with Gasteiger partial charge in [0.2, 0.25) is 5.91 Å². The molecule has 0 spiro atoms. The number of carbonyl (C=O) groups is 2. The van der Waals surface area contributed by atoms with Gasteiger partial charge in [0.15, 0.2) is 0 Å². The summed E-state index contributed by atoms with van der Waals surface area (Å²) in [5.74, 6) is -3.28. The first-order valence-corrected chi connectivity index (χ1v) is 8.58. The first-order chi connectivity index (χ1) is 10.2. The standard InChI is InChI=1S/C14H20NO6P.Ca.2H/c1-10(14(17)18)8-15-13(16)12(9-22(19,20)21)7-11-5-3-2-4-6-11;;;/h2-6,10,12H,7-9H2,1H3,(H,15,16)(H,17,18)(H2,19,20,21);;;/t10?,12-;;;/m1.../s1. The van der Waals surface area contributed by atoms with Gasteiger partial charge in [0.05, 0.1) is 18.0 Å². The quantitative estimate of drug-likeness (QED) is 0.375. The molecule has 0 aliphatic heterocycles. The van der Waals surface area contributed by atoms with E-state index in [4.69, 9.17) is 14.9 Å². The third-order valence-electron chi connectivity index (χ3n) is 3.16. The van der Waals surface area contributed by atoms with E-state index in [1.807, 2.05) is 0 Å². The van der Waals surface area contributed by atoms with Gasteiger partial charge in [-0.15, -0.1) is 0 Å². The van der Waals surface area contributed by atoms with E-state index in [-0.39, 0.29) is 50.7 Å². The zero-order valence-corrected chi connectivity index (χ0v) is 13.1. The van der Waals surface area contributed by atoms with Crippen LogP contribution in [0.4, 0.5) is 0 Å². The topological polar surface area (TPSA) is 124 Å². The molecule has 0 fully saturated rings. The van der Waals surface area contributed by atoms with Gasteiger partial charge >= 0.3 is 51.3 Å². The molecule has 0 saturated heterocycles. The van der Waals surface area contributed by atoms with Crippen molar-refractivity contribution in [2.24, 2.45) is 11.8 Å². The normalized spacial score (nSPS) is 13.5. The molecule has 1 unspecified atom stereocenters. The van der Waals surface area contributed by atoms with Gasteiger partial charge in [-0.2, -0.15) is 0 Å². The Morgan fingerprint density at radius 2 is 1.78 bits per heavy atom.